The van der Waals surface area contributed by atoms with Crippen LogP contribution in [-0.2, 0) is 6.54 Å². The molecule has 0 amide bonds. The van der Waals surface area contributed by atoms with Crippen molar-refractivity contribution in [2.75, 3.05) is 20.2 Å². The number of rotatable bonds is 4. The van der Waals surface area contributed by atoms with Crippen molar-refractivity contribution >= 4 is 12.6 Å². The monoisotopic (exact) mass is 291 g/mol. The molecule has 0 bridgehead atoms. The quantitative estimate of drug-likeness (QED) is 0.820. The Bertz CT molecular complexity index is 485. The summed E-state index contributed by atoms with van der Waals surface area (Å²) in [4.78, 5) is 2.42. The first-order valence-electron chi connectivity index (χ1n) is 7.56. The van der Waals surface area contributed by atoms with E-state index in [1.54, 1.807) is 19.2 Å². The molecule has 0 saturated carbocycles. The van der Waals surface area contributed by atoms with Crippen LogP contribution in [0.5, 0.6) is 5.75 Å². The molecule has 1 aromatic carbocycles. The van der Waals surface area contributed by atoms with E-state index < -0.39 is 7.12 Å². The van der Waals surface area contributed by atoms with Crippen LogP contribution in [0.1, 0.15) is 32.8 Å². The van der Waals surface area contributed by atoms with Crippen molar-refractivity contribution < 1.29 is 14.8 Å². The number of nitrogens with zero attached hydrogens (tertiary/aromatic N) is 1. The van der Waals surface area contributed by atoms with Crippen molar-refractivity contribution in [3.05, 3.63) is 23.8 Å². The van der Waals surface area contributed by atoms with Gasteiger partial charge in [-0.15, -0.1) is 0 Å². The van der Waals surface area contributed by atoms with Crippen LogP contribution in [0.25, 0.3) is 0 Å². The first-order chi connectivity index (χ1) is 9.81. The minimum Gasteiger partial charge on any atom is -0.496 e. The van der Waals surface area contributed by atoms with Crippen molar-refractivity contribution in [2.24, 2.45) is 11.3 Å². The van der Waals surface area contributed by atoms with E-state index in [0.717, 1.165) is 30.9 Å². The second-order valence-electron chi connectivity index (χ2n) is 7.03. The molecule has 1 atom stereocenters. The maximum Gasteiger partial charge on any atom is 0.488 e. The van der Waals surface area contributed by atoms with Gasteiger partial charge in [0, 0.05) is 18.7 Å². The van der Waals surface area contributed by atoms with E-state index in [9.17, 15) is 10.0 Å². The molecule has 0 spiro atoms. The van der Waals surface area contributed by atoms with Crippen LogP contribution in [0.3, 0.4) is 0 Å². The van der Waals surface area contributed by atoms with E-state index in [1.165, 1.54) is 6.42 Å². The molecule has 1 saturated heterocycles. The lowest BCUT2D eigenvalue weighted by Crippen LogP contribution is -2.31. The van der Waals surface area contributed by atoms with Gasteiger partial charge in [0.2, 0.25) is 0 Å². The normalized spacial score (nSPS) is 19.8. The third kappa shape index (κ3) is 3.99. The number of methoxy groups -OCH3 is 1. The Morgan fingerprint density at radius 3 is 2.57 bits per heavy atom. The maximum absolute atomic E-state index is 9.32. The molecule has 1 unspecified atom stereocenters. The van der Waals surface area contributed by atoms with Crippen LogP contribution < -0.4 is 10.2 Å². The molecule has 21 heavy (non-hydrogen) atoms. The Balaban J connectivity index is 2.11. The molecule has 2 rings (SSSR count). The van der Waals surface area contributed by atoms with Gasteiger partial charge in [-0.25, -0.2) is 0 Å². The lowest BCUT2D eigenvalue weighted by Gasteiger charge is -2.27. The zero-order valence-electron chi connectivity index (χ0n) is 13.5. The average Bonchev–Trinajstić information content (AvgIpc) is 2.87. The zero-order chi connectivity index (χ0) is 15.6. The van der Waals surface area contributed by atoms with Crippen LogP contribution >= 0.6 is 0 Å². The topological polar surface area (TPSA) is 52.9 Å². The van der Waals surface area contributed by atoms with E-state index in [2.05, 4.69) is 25.7 Å². The fourth-order valence-electron chi connectivity index (χ4n) is 3.01. The SMILES string of the molecule is COc1ccc(B(O)O)cc1CN1CCC(C(C)(C)C)C1. The number of hydrogen-bond donors (Lipinski definition) is 2. The zero-order valence-corrected chi connectivity index (χ0v) is 13.5. The molecule has 0 radical (unpaired) electrons. The highest BCUT2D eigenvalue weighted by atomic mass is 16.5. The summed E-state index contributed by atoms with van der Waals surface area (Å²) in [6, 6.07) is 5.32. The molecule has 1 aliphatic rings. The predicted molar refractivity (Wildman–Crippen MR) is 85.7 cm³/mol. The van der Waals surface area contributed by atoms with Gasteiger partial charge >= 0.3 is 7.12 Å². The molecule has 0 aromatic heterocycles. The molecule has 1 aromatic rings. The van der Waals surface area contributed by atoms with Crippen LogP contribution in [0.15, 0.2) is 18.2 Å². The number of benzene rings is 1. The highest BCUT2D eigenvalue weighted by Gasteiger charge is 2.32. The smallest absolute Gasteiger partial charge is 0.488 e. The van der Waals surface area contributed by atoms with Gasteiger partial charge in [-0.3, -0.25) is 4.90 Å². The molecule has 1 fully saturated rings. The molecule has 2 N–H and O–H groups in total. The van der Waals surface area contributed by atoms with Gasteiger partial charge in [-0.1, -0.05) is 32.9 Å². The second-order valence-corrected chi connectivity index (χ2v) is 7.03. The Morgan fingerprint density at radius 2 is 2.05 bits per heavy atom. The second kappa shape index (κ2) is 6.38. The minimum atomic E-state index is -1.43. The van der Waals surface area contributed by atoms with Crippen LogP contribution in [-0.4, -0.2) is 42.3 Å². The molecule has 0 aliphatic carbocycles. The van der Waals surface area contributed by atoms with E-state index in [4.69, 9.17) is 4.74 Å². The van der Waals surface area contributed by atoms with Crippen LogP contribution in [0.4, 0.5) is 0 Å². The van der Waals surface area contributed by atoms with Gasteiger partial charge in [0.05, 0.1) is 7.11 Å². The minimum absolute atomic E-state index is 0.335. The fraction of sp³-hybridized carbons (Fsp3) is 0.625. The molecule has 1 aliphatic heterocycles. The van der Waals surface area contributed by atoms with Crippen molar-refractivity contribution in [3.8, 4) is 5.75 Å². The highest BCUT2D eigenvalue weighted by Crippen LogP contribution is 2.34. The Kier molecular flexibility index (Phi) is 4.97. The van der Waals surface area contributed by atoms with E-state index >= 15 is 0 Å². The van der Waals surface area contributed by atoms with E-state index in [1.807, 2.05) is 6.07 Å². The maximum atomic E-state index is 9.32. The van der Waals surface area contributed by atoms with Crippen molar-refractivity contribution in [1.29, 1.82) is 0 Å². The summed E-state index contributed by atoms with van der Waals surface area (Å²) in [5.74, 6) is 1.51. The highest BCUT2D eigenvalue weighted by molar-refractivity contribution is 6.58. The molecule has 116 valence electrons. The molecular formula is C16H26BNO3. The van der Waals surface area contributed by atoms with Gasteiger partial charge in [0.15, 0.2) is 0 Å². The standard InChI is InChI=1S/C16H26BNO3/c1-16(2,3)13-7-8-18(11-13)10-12-9-14(17(19)20)5-6-15(12)21-4/h5-6,9,13,19-20H,7-8,10-11H2,1-4H3. The molecule has 4 nitrogen and oxygen atoms in total. The third-order valence-corrected chi connectivity index (χ3v) is 4.49. The lowest BCUT2D eigenvalue weighted by molar-refractivity contribution is 0.225. The summed E-state index contributed by atoms with van der Waals surface area (Å²) in [5.41, 5.74) is 1.86. The lowest BCUT2D eigenvalue weighted by atomic mass is 9.79. The van der Waals surface area contributed by atoms with Crippen molar-refractivity contribution in [2.45, 2.75) is 33.7 Å². The molecule has 1 heterocycles. The Labute approximate surface area is 127 Å². The first kappa shape index (κ1) is 16.3. The van der Waals surface area contributed by atoms with Gasteiger partial charge in [-0.05, 0) is 35.8 Å². The first-order valence-corrected chi connectivity index (χ1v) is 7.56. The molecule has 5 heteroatoms. The van der Waals surface area contributed by atoms with Gasteiger partial charge in [0.1, 0.15) is 5.75 Å². The summed E-state index contributed by atoms with van der Waals surface area (Å²) >= 11 is 0. The molecular weight excluding hydrogens is 265 g/mol. The van der Waals surface area contributed by atoms with Crippen LogP contribution in [0.2, 0.25) is 0 Å². The predicted octanol–water partition coefficient (Wildman–Crippen LogP) is 1.24. The van der Waals surface area contributed by atoms with E-state index in [0.29, 0.717) is 16.8 Å². The summed E-state index contributed by atoms with van der Waals surface area (Å²) in [6.45, 7) is 9.84. The van der Waals surface area contributed by atoms with E-state index in [-0.39, 0.29) is 0 Å². The Morgan fingerprint density at radius 1 is 1.33 bits per heavy atom. The van der Waals surface area contributed by atoms with Crippen molar-refractivity contribution in [3.63, 3.8) is 0 Å². The largest absolute Gasteiger partial charge is 0.496 e. The van der Waals surface area contributed by atoms with Crippen molar-refractivity contribution in [1.82, 2.24) is 4.90 Å². The average molecular weight is 291 g/mol. The Hall–Kier alpha value is -1.04. The van der Waals surface area contributed by atoms with Crippen LogP contribution in [0, 0.1) is 11.3 Å². The summed E-state index contributed by atoms with van der Waals surface area (Å²) < 4.78 is 5.39. The van der Waals surface area contributed by atoms with Gasteiger partial charge < -0.3 is 14.8 Å². The summed E-state index contributed by atoms with van der Waals surface area (Å²) in [5, 5.41) is 18.6. The number of ether oxygens (including phenoxy) is 1. The third-order valence-electron chi connectivity index (χ3n) is 4.49. The summed E-state index contributed by atoms with van der Waals surface area (Å²) in [6.07, 6.45) is 1.22. The number of hydrogen-bond acceptors (Lipinski definition) is 4. The van der Waals surface area contributed by atoms with Gasteiger partial charge in [-0.2, -0.15) is 0 Å². The summed E-state index contributed by atoms with van der Waals surface area (Å²) in [7, 11) is 0.214. The fourth-order valence-corrected chi connectivity index (χ4v) is 3.01. The van der Waals surface area contributed by atoms with Gasteiger partial charge in [0.25, 0.3) is 0 Å². The number of likely N-dealkylation sites (tertiary alicyclic amines) is 1.